The van der Waals surface area contributed by atoms with Gasteiger partial charge in [0.25, 0.3) is 5.69 Å². The van der Waals surface area contributed by atoms with Crippen molar-refractivity contribution in [2.45, 2.75) is 45.3 Å². The Morgan fingerprint density at radius 3 is 2.43 bits per heavy atom. The normalized spacial score (nSPS) is 20.3. The highest BCUT2D eigenvalue weighted by Gasteiger charge is 2.39. The minimum Gasteiger partial charge on any atom is -0.466 e. The molecule has 4 rings (SSSR count). The third-order valence-corrected chi connectivity index (χ3v) is 6.78. The van der Waals surface area contributed by atoms with E-state index in [0.29, 0.717) is 23.5 Å². The molecule has 0 aliphatic carbocycles. The number of non-ortho nitro benzene ring substituents is 1. The smallest absolute Gasteiger partial charge is 0.337 e. The maximum Gasteiger partial charge on any atom is 0.337 e. The number of nitro benzene ring substituents is 1. The van der Waals surface area contributed by atoms with Gasteiger partial charge in [-0.3, -0.25) is 15.0 Å². The Balaban J connectivity index is 1.61. The first-order valence-electron chi connectivity index (χ1n) is 12.3. The molecule has 194 valence electrons. The summed E-state index contributed by atoms with van der Waals surface area (Å²) in [6.45, 7) is 5.73. The predicted octanol–water partition coefficient (Wildman–Crippen LogP) is 4.21. The Labute approximate surface area is 215 Å². The number of dihydropyridines is 1. The number of hydrogen-bond acceptors (Lipinski definition) is 8. The van der Waals surface area contributed by atoms with Crippen LogP contribution in [0.15, 0.2) is 77.1 Å². The van der Waals surface area contributed by atoms with Crippen molar-refractivity contribution in [2.24, 2.45) is 0 Å². The summed E-state index contributed by atoms with van der Waals surface area (Å²) in [5, 5.41) is 14.6. The fraction of sp³-hybridized carbons (Fsp3) is 0.357. The molecular formula is C28H31N3O6. The first-order chi connectivity index (χ1) is 17.8. The SMILES string of the molecule is COC(=O)C1=C(C)NC(C)=C(C(=O)O[C@@H]2CCCN(Cc3ccccc3)C2)[C@H]1c1cccc([N+](=O)[O-])c1. The maximum atomic E-state index is 13.7. The lowest BCUT2D eigenvalue weighted by atomic mass is 9.80. The first kappa shape index (κ1) is 26.1. The highest BCUT2D eigenvalue weighted by atomic mass is 16.6. The van der Waals surface area contributed by atoms with Crippen molar-refractivity contribution in [3.63, 3.8) is 0 Å². The van der Waals surface area contributed by atoms with Crippen LogP contribution >= 0.6 is 0 Å². The molecule has 9 nitrogen and oxygen atoms in total. The van der Waals surface area contributed by atoms with Crippen LogP contribution in [0.25, 0.3) is 0 Å². The van der Waals surface area contributed by atoms with Crippen LogP contribution in [0.5, 0.6) is 0 Å². The van der Waals surface area contributed by atoms with Crippen molar-refractivity contribution in [3.05, 3.63) is 98.4 Å². The van der Waals surface area contributed by atoms with Gasteiger partial charge in [-0.1, -0.05) is 42.5 Å². The van der Waals surface area contributed by atoms with Gasteiger partial charge in [0, 0.05) is 36.6 Å². The van der Waals surface area contributed by atoms with Crippen LogP contribution in [0.2, 0.25) is 0 Å². The van der Waals surface area contributed by atoms with Gasteiger partial charge in [0.2, 0.25) is 0 Å². The fourth-order valence-corrected chi connectivity index (χ4v) is 5.11. The number of carbonyl (C=O) groups is 2. The molecule has 2 atom stereocenters. The summed E-state index contributed by atoms with van der Waals surface area (Å²) in [5.41, 5.74) is 3.01. The predicted molar refractivity (Wildman–Crippen MR) is 137 cm³/mol. The molecule has 0 spiro atoms. The molecule has 0 aromatic heterocycles. The van der Waals surface area contributed by atoms with Gasteiger partial charge in [0.1, 0.15) is 6.10 Å². The summed E-state index contributed by atoms with van der Waals surface area (Å²) in [6, 6.07) is 16.1. The van der Waals surface area contributed by atoms with Crippen molar-refractivity contribution < 1.29 is 24.0 Å². The van der Waals surface area contributed by atoms with Crippen LogP contribution < -0.4 is 5.32 Å². The summed E-state index contributed by atoms with van der Waals surface area (Å²) >= 11 is 0. The topological polar surface area (TPSA) is 111 Å². The molecule has 2 heterocycles. The summed E-state index contributed by atoms with van der Waals surface area (Å²) < 4.78 is 11.0. The molecule has 0 bridgehead atoms. The number of nitro groups is 1. The molecule has 1 saturated heterocycles. The minimum atomic E-state index is -0.870. The van der Waals surface area contributed by atoms with Crippen molar-refractivity contribution in [3.8, 4) is 0 Å². The molecule has 0 amide bonds. The molecule has 1 N–H and O–H groups in total. The number of nitrogens with zero attached hydrogens (tertiary/aromatic N) is 2. The number of methoxy groups -OCH3 is 1. The van der Waals surface area contributed by atoms with E-state index in [4.69, 9.17) is 9.47 Å². The van der Waals surface area contributed by atoms with Crippen LogP contribution in [0.4, 0.5) is 5.69 Å². The zero-order chi connectivity index (χ0) is 26.5. The van der Waals surface area contributed by atoms with E-state index in [0.717, 1.165) is 25.9 Å². The Hall–Kier alpha value is -3.98. The van der Waals surface area contributed by atoms with Gasteiger partial charge >= 0.3 is 11.9 Å². The van der Waals surface area contributed by atoms with Gasteiger partial charge in [-0.05, 0) is 44.4 Å². The quantitative estimate of drug-likeness (QED) is 0.338. The van der Waals surface area contributed by atoms with E-state index < -0.39 is 22.8 Å². The van der Waals surface area contributed by atoms with Gasteiger partial charge in [-0.25, -0.2) is 9.59 Å². The second-order valence-corrected chi connectivity index (χ2v) is 9.37. The van der Waals surface area contributed by atoms with Gasteiger partial charge in [-0.2, -0.15) is 0 Å². The number of rotatable bonds is 7. The molecule has 37 heavy (non-hydrogen) atoms. The van der Waals surface area contributed by atoms with E-state index in [1.165, 1.54) is 24.8 Å². The third-order valence-electron chi connectivity index (χ3n) is 6.78. The van der Waals surface area contributed by atoms with E-state index in [9.17, 15) is 19.7 Å². The van der Waals surface area contributed by atoms with Crippen molar-refractivity contribution in [1.82, 2.24) is 10.2 Å². The maximum absolute atomic E-state index is 13.7. The highest BCUT2D eigenvalue weighted by molar-refractivity contribution is 6.00. The molecule has 0 saturated carbocycles. The molecule has 2 aromatic carbocycles. The number of likely N-dealkylation sites (tertiary alicyclic amines) is 1. The van der Waals surface area contributed by atoms with E-state index in [2.05, 4.69) is 22.3 Å². The summed E-state index contributed by atoms with van der Waals surface area (Å²) in [7, 11) is 1.26. The molecule has 2 aromatic rings. The van der Waals surface area contributed by atoms with E-state index >= 15 is 0 Å². The Kier molecular flexibility index (Phi) is 8.03. The fourth-order valence-electron chi connectivity index (χ4n) is 5.11. The number of ether oxygens (including phenoxy) is 2. The molecule has 0 radical (unpaired) electrons. The Morgan fingerprint density at radius 1 is 1.05 bits per heavy atom. The summed E-state index contributed by atoms with van der Waals surface area (Å²) in [5.74, 6) is -2.04. The largest absolute Gasteiger partial charge is 0.466 e. The zero-order valence-corrected chi connectivity index (χ0v) is 21.2. The second-order valence-electron chi connectivity index (χ2n) is 9.37. The van der Waals surface area contributed by atoms with Crippen LogP contribution in [-0.2, 0) is 25.6 Å². The lowest BCUT2D eigenvalue weighted by molar-refractivity contribution is -0.384. The number of benzene rings is 2. The number of esters is 2. The molecule has 9 heteroatoms. The first-order valence-corrected chi connectivity index (χ1v) is 12.3. The van der Waals surface area contributed by atoms with E-state index in [1.807, 2.05) is 18.2 Å². The van der Waals surface area contributed by atoms with Gasteiger partial charge in [-0.15, -0.1) is 0 Å². The van der Waals surface area contributed by atoms with Gasteiger partial charge < -0.3 is 14.8 Å². The van der Waals surface area contributed by atoms with Crippen molar-refractivity contribution in [2.75, 3.05) is 20.2 Å². The highest BCUT2D eigenvalue weighted by Crippen LogP contribution is 2.40. The minimum absolute atomic E-state index is 0.132. The zero-order valence-electron chi connectivity index (χ0n) is 21.2. The molecule has 2 aliphatic rings. The lowest BCUT2D eigenvalue weighted by Crippen LogP contribution is -2.41. The standard InChI is InChI=1S/C28H31N3O6/c1-18-24(27(32)36-3)26(21-11-7-12-22(15-21)31(34)35)25(19(2)29-18)28(33)37-23-13-8-14-30(17-23)16-20-9-5-4-6-10-20/h4-7,9-12,15,23,26,29H,8,13-14,16-17H2,1-3H3/t23-,26+/m1/s1. The number of hydrogen-bond donors (Lipinski definition) is 1. The van der Waals surface area contributed by atoms with E-state index in [-0.39, 0.29) is 22.9 Å². The van der Waals surface area contributed by atoms with Crippen molar-refractivity contribution in [1.29, 1.82) is 0 Å². The number of piperidine rings is 1. The monoisotopic (exact) mass is 505 g/mol. The second kappa shape index (κ2) is 11.4. The summed E-state index contributed by atoms with van der Waals surface area (Å²) in [4.78, 5) is 39.7. The molecule has 1 fully saturated rings. The molecular weight excluding hydrogens is 474 g/mol. The lowest BCUT2D eigenvalue weighted by Gasteiger charge is -2.34. The summed E-state index contributed by atoms with van der Waals surface area (Å²) in [6.07, 6.45) is 1.31. The average molecular weight is 506 g/mol. The van der Waals surface area contributed by atoms with Gasteiger partial charge in [0.15, 0.2) is 0 Å². The number of allylic oxidation sites excluding steroid dienone is 2. The van der Waals surface area contributed by atoms with E-state index in [1.54, 1.807) is 26.0 Å². The Bertz CT molecular complexity index is 1250. The Morgan fingerprint density at radius 2 is 1.76 bits per heavy atom. The number of carbonyl (C=O) groups excluding carboxylic acids is 2. The third kappa shape index (κ3) is 5.89. The molecule has 2 aliphatic heterocycles. The van der Waals surface area contributed by atoms with Crippen molar-refractivity contribution >= 4 is 17.6 Å². The average Bonchev–Trinajstić information content (AvgIpc) is 2.88. The van der Waals surface area contributed by atoms with Crippen LogP contribution in [0, 0.1) is 10.1 Å². The van der Waals surface area contributed by atoms with Crippen LogP contribution in [0.1, 0.15) is 43.7 Å². The number of nitrogens with one attached hydrogen (secondary N) is 1. The molecule has 0 unspecified atom stereocenters. The van der Waals surface area contributed by atoms with Crippen LogP contribution in [0.3, 0.4) is 0 Å². The van der Waals surface area contributed by atoms with Gasteiger partial charge in [0.05, 0.1) is 29.1 Å². The van der Waals surface area contributed by atoms with Crippen LogP contribution in [-0.4, -0.2) is 48.1 Å².